The van der Waals surface area contributed by atoms with E-state index >= 15 is 0 Å². The van der Waals surface area contributed by atoms with Gasteiger partial charge in [0.05, 0.1) is 4.88 Å². The van der Waals surface area contributed by atoms with Crippen molar-refractivity contribution in [3.8, 4) is 0 Å². The van der Waals surface area contributed by atoms with Crippen LogP contribution in [0.4, 0.5) is 0 Å². The molecule has 0 radical (unpaired) electrons. The molecule has 2 atom stereocenters. The molecule has 1 amide bonds. The molecule has 1 aromatic heterocycles. The zero-order valence-corrected chi connectivity index (χ0v) is 13.0. The van der Waals surface area contributed by atoms with Gasteiger partial charge in [-0.1, -0.05) is 47.0 Å². The van der Waals surface area contributed by atoms with Crippen molar-refractivity contribution in [2.24, 2.45) is 0 Å². The second kappa shape index (κ2) is 5.63. The summed E-state index contributed by atoms with van der Waals surface area (Å²) in [4.78, 5) is 13.5. The zero-order chi connectivity index (χ0) is 13.2. The minimum absolute atomic E-state index is 0.0672. The summed E-state index contributed by atoms with van der Waals surface area (Å²) >= 11 is 5.25. The van der Waals surface area contributed by atoms with Crippen LogP contribution < -0.4 is 5.32 Å². The van der Waals surface area contributed by atoms with Gasteiger partial charge in [0, 0.05) is 15.6 Å². The van der Waals surface area contributed by atoms with Crippen LogP contribution in [0.2, 0.25) is 0 Å². The van der Waals surface area contributed by atoms with E-state index in [0.29, 0.717) is 4.83 Å². The Labute approximate surface area is 125 Å². The van der Waals surface area contributed by atoms with Crippen molar-refractivity contribution in [1.82, 2.24) is 5.32 Å². The molecule has 1 aliphatic carbocycles. The molecule has 1 saturated carbocycles. The second-order valence-corrected chi connectivity index (χ2v) is 7.29. The lowest BCUT2D eigenvalue weighted by Gasteiger charge is -2.27. The Morgan fingerprint density at radius 2 is 2.05 bits per heavy atom. The molecule has 1 N–H and O–H groups in total. The van der Waals surface area contributed by atoms with E-state index in [-0.39, 0.29) is 11.9 Å². The van der Waals surface area contributed by atoms with E-state index in [1.54, 1.807) is 11.3 Å². The number of carbonyl (C=O) groups excluding carboxylic acids is 1. The number of nitrogens with one attached hydrogen (secondary N) is 1. The number of rotatable bonds is 2. The van der Waals surface area contributed by atoms with Crippen molar-refractivity contribution in [2.75, 3.05) is 0 Å². The molecule has 1 aliphatic rings. The number of thiophene rings is 1. The predicted molar refractivity (Wildman–Crippen MR) is 84.3 cm³/mol. The molecule has 2 unspecified atom stereocenters. The molecule has 0 spiro atoms. The van der Waals surface area contributed by atoms with Gasteiger partial charge in [-0.15, -0.1) is 11.3 Å². The van der Waals surface area contributed by atoms with E-state index < -0.39 is 0 Å². The van der Waals surface area contributed by atoms with Crippen LogP contribution in [0.3, 0.4) is 0 Å². The summed E-state index contributed by atoms with van der Waals surface area (Å²) in [6, 6.07) is 10.4. The highest BCUT2D eigenvalue weighted by molar-refractivity contribution is 9.09. The summed E-state index contributed by atoms with van der Waals surface area (Å²) < 4.78 is 1.17. The fraction of sp³-hybridized carbons (Fsp3) is 0.400. The summed E-state index contributed by atoms with van der Waals surface area (Å²) in [5, 5.41) is 4.32. The van der Waals surface area contributed by atoms with Gasteiger partial charge in [0.25, 0.3) is 5.91 Å². The Morgan fingerprint density at radius 3 is 2.84 bits per heavy atom. The highest BCUT2D eigenvalue weighted by atomic mass is 79.9. The van der Waals surface area contributed by atoms with Crippen molar-refractivity contribution in [1.29, 1.82) is 0 Å². The summed E-state index contributed by atoms with van der Waals surface area (Å²) in [5.74, 6) is 0.0672. The predicted octanol–water partition coefficient (Wildman–Crippen LogP) is 4.34. The number of hydrogen-bond acceptors (Lipinski definition) is 2. The summed E-state index contributed by atoms with van der Waals surface area (Å²) in [5.41, 5.74) is 0. The van der Waals surface area contributed by atoms with Crippen LogP contribution in [0.15, 0.2) is 30.3 Å². The summed E-state index contributed by atoms with van der Waals surface area (Å²) in [6.07, 6.45) is 4.69. The van der Waals surface area contributed by atoms with Crippen LogP contribution in [0.1, 0.15) is 35.4 Å². The monoisotopic (exact) mass is 337 g/mol. The maximum absolute atomic E-state index is 12.3. The van der Waals surface area contributed by atoms with Crippen molar-refractivity contribution < 1.29 is 4.79 Å². The minimum Gasteiger partial charge on any atom is -0.347 e. The molecular weight excluding hydrogens is 322 g/mol. The van der Waals surface area contributed by atoms with Gasteiger partial charge in [0.15, 0.2) is 0 Å². The number of hydrogen-bond donors (Lipinski definition) is 1. The van der Waals surface area contributed by atoms with E-state index in [2.05, 4.69) is 33.4 Å². The highest BCUT2D eigenvalue weighted by Gasteiger charge is 2.25. The van der Waals surface area contributed by atoms with E-state index in [1.807, 2.05) is 18.2 Å². The molecule has 4 heteroatoms. The van der Waals surface area contributed by atoms with Crippen molar-refractivity contribution >= 4 is 43.3 Å². The third-order valence-electron chi connectivity index (χ3n) is 3.65. The third-order valence-corrected chi connectivity index (χ3v) is 5.86. The first-order chi connectivity index (χ1) is 9.24. The van der Waals surface area contributed by atoms with Crippen molar-refractivity contribution in [3.05, 3.63) is 35.2 Å². The molecule has 2 aromatic rings. The lowest BCUT2D eigenvalue weighted by molar-refractivity contribution is 0.0934. The SMILES string of the molecule is O=C(NC1CCCCC1Br)c1cc2ccccc2s1. The normalized spacial score (nSPS) is 23.4. The van der Waals surface area contributed by atoms with Gasteiger partial charge in [-0.2, -0.15) is 0 Å². The van der Waals surface area contributed by atoms with Crippen LogP contribution in [0.5, 0.6) is 0 Å². The second-order valence-electron chi connectivity index (χ2n) is 5.03. The molecule has 1 heterocycles. The van der Waals surface area contributed by atoms with Gasteiger partial charge < -0.3 is 5.32 Å². The first-order valence-electron chi connectivity index (χ1n) is 6.67. The molecule has 0 aliphatic heterocycles. The fourth-order valence-electron chi connectivity index (χ4n) is 2.58. The third kappa shape index (κ3) is 2.84. The number of halogens is 1. The lowest BCUT2D eigenvalue weighted by atomic mass is 9.95. The Kier molecular flexibility index (Phi) is 3.89. The van der Waals surface area contributed by atoms with Crippen molar-refractivity contribution in [2.45, 2.75) is 36.6 Å². The summed E-state index contributed by atoms with van der Waals surface area (Å²) in [6.45, 7) is 0. The van der Waals surface area contributed by atoms with E-state index in [0.717, 1.165) is 23.1 Å². The molecule has 19 heavy (non-hydrogen) atoms. The molecular formula is C15H16BrNOS. The fourth-order valence-corrected chi connectivity index (χ4v) is 4.27. The maximum Gasteiger partial charge on any atom is 0.261 e. The average Bonchev–Trinajstić information content (AvgIpc) is 2.85. The van der Waals surface area contributed by atoms with Gasteiger partial charge in [-0.25, -0.2) is 0 Å². The standard InChI is InChI=1S/C15H16BrNOS/c16-11-6-2-3-7-12(11)17-15(18)14-9-10-5-1-4-8-13(10)19-14/h1,4-5,8-9,11-12H,2-3,6-7H2,(H,17,18). The largest absolute Gasteiger partial charge is 0.347 e. The molecule has 100 valence electrons. The highest BCUT2D eigenvalue weighted by Crippen LogP contribution is 2.27. The average molecular weight is 338 g/mol. The summed E-state index contributed by atoms with van der Waals surface area (Å²) in [7, 11) is 0. The Hall–Kier alpha value is -0.870. The zero-order valence-electron chi connectivity index (χ0n) is 10.6. The number of alkyl halides is 1. The van der Waals surface area contributed by atoms with Gasteiger partial charge >= 0.3 is 0 Å². The van der Waals surface area contributed by atoms with E-state index in [9.17, 15) is 4.79 Å². The smallest absolute Gasteiger partial charge is 0.261 e. The molecule has 2 nitrogen and oxygen atoms in total. The first kappa shape index (κ1) is 13.1. The Bertz CT molecular complexity index is 562. The maximum atomic E-state index is 12.3. The number of benzene rings is 1. The van der Waals surface area contributed by atoms with E-state index in [1.165, 1.54) is 17.5 Å². The first-order valence-corrected chi connectivity index (χ1v) is 8.41. The van der Waals surface area contributed by atoms with Crippen LogP contribution >= 0.6 is 27.3 Å². The Morgan fingerprint density at radius 1 is 1.26 bits per heavy atom. The van der Waals surface area contributed by atoms with Crippen LogP contribution in [0.25, 0.3) is 10.1 Å². The van der Waals surface area contributed by atoms with Crippen LogP contribution in [0, 0.1) is 0 Å². The van der Waals surface area contributed by atoms with E-state index in [4.69, 9.17) is 0 Å². The lowest BCUT2D eigenvalue weighted by Crippen LogP contribution is -2.42. The number of amides is 1. The topological polar surface area (TPSA) is 29.1 Å². The van der Waals surface area contributed by atoms with Crippen LogP contribution in [-0.4, -0.2) is 16.8 Å². The van der Waals surface area contributed by atoms with Crippen LogP contribution in [-0.2, 0) is 0 Å². The van der Waals surface area contributed by atoms with Gasteiger partial charge in [0.1, 0.15) is 0 Å². The molecule has 1 fully saturated rings. The Balaban J connectivity index is 1.76. The minimum atomic E-state index is 0.0672. The van der Waals surface area contributed by atoms with Gasteiger partial charge in [-0.3, -0.25) is 4.79 Å². The van der Waals surface area contributed by atoms with Gasteiger partial charge in [0.2, 0.25) is 0 Å². The van der Waals surface area contributed by atoms with Gasteiger partial charge in [-0.05, 0) is 30.4 Å². The molecule has 0 bridgehead atoms. The molecule has 0 saturated heterocycles. The quantitative estimate of drug-likeness (QED) is 0.811. The number of fused-ring (bicyclic) bond motifs is 1. The molecule has 3 rings (SSSR count). The molecule has 1 aromatic carbocycles. The number of carbonyl (C=O) groups is 1. The van der Waals surface area contributed by atoms with Crippen molar-refractivity contribution in [3.63, 3.8) is 0 Å².